The van der Waals surface area contributed by atoms with Gasteiger partial charge < -0.3 is 5.32 Å². The van der Waals surface area contributed by atoms with E-state index in [2.05, 4.69) is 25.2 Å². The van der Waals surface area contributed by atoms with Gasteiger partial charge in [0, 0.05) is 29.7 Å². The zero-order chi connectivity index (χ0) is 20.9. The van der Waals surface area contributed by atoms with Crippen LogP contribution in [0, 0.1) is 0 Å². The molecule has 0 radical (unpaired) electrons. The number of fused-ring (bicyclic) bond motifs is 2. The van der Waals surface area contributed by atoms with Crippen molar-refractivity contribution in [3.63, 3.8) is 0 Å². The third-order valence-electron chi connectivity index (χ3n) is 4.39. The molecular formula is C19H17N7O2S2. The molecule has 0 aliphatic carbocycles. The lowest BCUT2D eigenvalue weighted by atomic mass is 10.2. The van der Waals surface area contributed by atoms with Crippen molar-refractivity contribution in [2.45, 2.75) is 0 Å². The zero-order valence-electron chi connectivity index (χ0n) is 16.1. The summed E-state index contributed by atoms with van der Waals surface area (Å²) in [4.78, 5) is 5.53. The second-order valence-electron chi connectivity index (χ2n) is 6.85. The van der Waals surface area contributed by atoms with Crippen LogP contribution in [-0.4, -0.2) is 39.1 Å². The minimum atomic E-state index is -3.32. The van der Waals surface area contributed by atoms with Gasteiger partial charge in [-0.15, -0.1) is 16.4 Å². The molecule has 0 amide bonds. The lowest BCUT2D eigenvalue weighted by Crippen LogP contribution is -2.09. The Morgan fingerprint density at radius 1 is 1.07 bits per heavy atom. The number of benzene rings is 1. The molecule has 152 valence electrons. The van der Waals surface area contributed by atoms with Crippen LogP contribution in [-0.2, 0) is 17.1 Å². The number of anilines is 3. The molecular weight excluding hydrogens is 422 g/mol. The van der Waals surface area contributed by atoms with Gasteiger partial charge in [0.25, 0.3) is 0 Å². The Labute approximate surface area is 176 Å². The number of aryl methyl sites for hydroxylation is 1. The van der Waals surface area contributed by atoms with Gasteiger partial charge in [-0.3, -0.25) is 9.40 Å². The van der Waals surface area contributed by atoms with E-state index in [1.54, 1.807) is 26.6 Å². The molecule has 4 aromatic heterocycles. The van der Waals surface area contributed by atoms with E-state index in [9.17, 15) is 8.42 Å². The van der Waals surface area contributed by atoms with Gasteiger partial charge >= 0.3 is 0 Å². The maximum atomic E-state index is 11.5. The topological polar surface area (TPSA) is 106 Å². The normalized spacial score (nSPS) is 11.9. The number of aromatic nitrogens is 5. The molecule has 11 heteroatoms. The maximum absolute atomic E-state index is 11.5. The molecule has 0 spiro atoms. The highest BCUT2D eigenvalue weighted by Crippen LogP contribution is 2.35. The quantitative estimate of drug-likeness (QED) is 0.434. The van der Waals surface area contributed by atoms with Crippen molar-refractivity contribution in [3.8, 4) is 10.6 Å². The van der Waals surface area contributed by atoms with Gasteiger partial charge in [0.15, 0.2) is 11.5 Å². The second kappa shape index (κ2) is 6.82. The molecule has 0 fully saturated rings. The standard InChI is InChI=1S/C19H17N7O2S2/c1-25-9-8-17(22-25)20-19-21-18-5-3-4-14(26(18)23-19)16-11-12-10-13(24-30(2,27)28)6-7-15(12)29-16/h3-11,24H,1-2H3,(H,20,22,23). The van der Waals surface area contributed by atoms with Crippen LogP contribution < -0.4 is 10.0 Å². The Morgan fingerprint density at radius 3 is 2.70 bits per heavy atom. The van der Waals surface area contributed by atoms with E-state index in [0.717, 1.165) is 26.9 Å². The van der Waals surface area contributed by atoms with E-state index < -0.39 is 10.0 Å². The van der Waals surface area contributed by atoms with Crippen LogP contribution in [0.2, 0.25) is 0 Å². The third-order valence-corrected chi connectivity index (χ3v) is 6.13. The summed E-state index contributed by atoms with van der Waals surface area (Å²) >= 11 is 1.61. The van der Waals surface area contributed by atoms with Crippen molar-refractivity contribution in [1.82, 2.24) is 24.4 Å². The Morgan fingerprint density at radius 2 is 1.93 bits per heavy atom. The van der Waals surface area contributed by atoms with Crippen molar-refractivity contribution < 1.29 is 8.42 Å². The highest BCUT2D eigenvalue weighted by atomic mass is 32.2. The van der Waals surface area contributed by atoms with Crippen LogP contribution >= 0.6 is 11.3 Å². The second-order valence-corrected chi connectivity index (χ2v) is 9.69. The number of rotatable bonds is 5. The van der Waals surface area contributed by atoms with E-state index in [1.165, 1.54) is 0 Å². The summed E-state index contributed by atoms with van der Waals surface area (Å²) in [7, 11) is -1.48. The molecule has 0 atom stereocenters. The number of pyridine rings is 1. The van der Waals surface area contributed by atoms with Gasteiger partial charge in [-0.25, -0.2) is 12.9 Å². The van der Waals surface area contributed by atoms with Crippen LogP contribution in [0.1, 0.15) is 0 Å². The molecule has 0 unspecified atom stereocenters. The van der Waals surface area contributed by atoms with Crippen molar-refractivity contribution in [1.29, 1.82) is 0 Å². The first kappa shape index (κ1) is 18.6. The molecule has 30 heavy (non-hydrogen) atoms. The highest BCUT2D eigenvalue weighted by Gasteiger charge is 2.13. The first-order chi connectivity index (χ1) is 14.3. The lowest BCUT2D eigenvalue weighted by molar-refractivity contribution is 0.607. The van der Waals surface area contributed by atoms with Gasteiger partial charge in [0.05, 0.1) is 16.8 Å². The molecule has 0 saturated heterocycles. The summed E-state index contributed by atoms with van der Waals surface area (Å²) in [6.07, 6.45) is 2.98. The Hall–Kier alpha value is -3.44. The summed E-state index contributed by atoms with van der Waals surface area (Å²) in [6.45, 7) is 0. The van der Waals surface area contributed by atoms with Gasteiger partial charge in [0.1, 0.15) is 0 Å². The summed E-state index contributed by atoms with van der Waals surface area (Å²) in [5.41, 5.74) is 2.14. The SMILES string of the molecule is Cn1ccc(Nc2nc3cccc(-c4cc5cc(NS(C)(=O)=O)ccc5s4)n3n2)n1. The molecule has 0 aliphatic rings. The van der Waals surface area contributed by atoms with E-state index in [0.29, 0.717) is 23.1 Å². The first-order valence-corrected chi connectivity index (χ1v) is 11.7. The predicted octanol–water partition coefficient (Wildman–Crippen LogP) is 3.46. The zero-order valence-corrected chi connectivity index (χ0v) is 17.7. The van der Waals surface area contributed by atoms with E-state index in [-0.39, 0.29) is 0 Å². The molecule has 5 rings (SSSR count). The van der Waals surface area contributed by atoms with Crippen molar-refractivity contribution in [2.75, 3.05) is 16.3 Å². The smallest absolute Gasteiger partial charge is 0.248 e. The maximum Gasteiger partial charge on any atom is 0.248 e. The Balaban J connectivity index is 1.54. The minimum absolute atomic E-state index is 0.460. The van der Waals surface area contributed by atoms with Gasteiger partial charge in [-0.05, 0) is 41.8 Å². The molecule has 0 bridgehead atoms. The predicted molar refractivity (Wildman–Crippen MR) is 119 cm³/mol. The third kappa shape index (κ3) is 3.60. The molecule has 0 aliphatic heterocycles. The van der Waals surface area contributed by atoms with Crippen molar-refractivity contribution in [3.05, 3.63) is 54.7 Å². The van der Waals surface area contributed by atoms with Crippen LogP contribution in [0.4, 0.5) is 17.5 Å². The van der Waals surface area contributed by atoms with Crippen LogP contribution in [0.25, 0.3) is 26.3 Å². The average Bonchev–Trinajstić information content (AvgIpc) is 3.37. The Bertz CT molecular complexity index is 1500. The first-order valence-electron chi connectivity index (χ1n) is 8.98. The summed E-state index contributed by atoms with van der Waals surface area (Å²) < 4.78 is 30.1. The number of nitrogens with zero attached hydrogens (tertiary/aromatic N) is 5. The van der Waals surface area contributed by atoms with Crippen molar-refractivity contribution >= 4 is 54.5 Å². The fourth-order valence-electron chi connectivity index (χ4n) is 3.19. The molecule has 1 aromatic carbocycles. The lowest BCUT2D eigenvalue weighted by Gasteiger charge is -2.02. The summed E-state index contributed by atoms with van der Waals surface area (Å²) in [5, 5.41) is 12.9. The minimum Gasteiger partial charge on any atom is -0.306 e. The van der Waals surface area contributed by atoms with Crippen molar-refractivity contribution in [2.24, 2.45) is 7.05 Å². The van der Waals surface area contributed by atoms with Gasteiger partial charge in [-0.1, -0.05) is 6.07 Å². The number of hydrogen-bond acceptors (Lipinski definition) is 7. The number of sulfonamides is 1. The van der Waals surface area contributed by atoms with Crippen LogP contribution in [0.5, 0.6) is 0 Å². The molecule has 2 N–H and O–H groups in total. The summed E-state index contributed by atoms with van der Waals surface area (Å²) in [6, 6.07) is 15.2. The van der Waals surface area contributed by atoms with E-state index in [4.69, 9.17) is 0 Å². The number of nitrogens with one attached hydrogen (secondary N) is 2. The van der Waals surface area contributed by atoms with Crippen LogP contribution in [0.3, 0.4) is 0 Å². The molecule has 9 nitrogen and oxygen atoms in total. The summed E-state index contributed by atoms with van der Waals surface area (Å²) in [5.74, 6) is 1.13. The van der Waals surface area contributed by atoms with Crippen LogP contribution in [0.15, 0.2) is 54.7 Å². The van der Waals surface area contributed by atoms with Gasteiger partial charge in [-0.2, -0.15) is 10.1 Å². The Kier molecular flexibility index (Phi) is 4.22. The molecule has 0 saturated carbocycles. The van der Waals surface area contributed by atoms with E-state index >= 15 is 0 Å². The molecule has 5 aromatic rings. The molecule has 4 heterocycles. The average molecular weight is 440 g/mol. The van der Waals surface area contributed by atoms with E-state index in [1.807, 2.05) is 55.7 Å². The number of thiophene rings is 1. The van der Waals surface area contributed by atoms with Gasteiger partial charge in [0.2, 0.25) is 16.0 Å². The number of hydrogen-bond donors (Lipinski definition) is 2. The fraction of sp³-hybridized carbons (Fsp3) is 0.105. The monoisotopic (exact) mass is 439 g/mol. The fourth-order valence-corrected chi connectivity index (χ4v) is 4.80. The largest absolute Gasteiger partial charge is 0.306 e. The highest BCUT2D eigenvalue weighted by molar-refractivity contribution is 7.92.